The SMILES string of the molecule is N#Cc1cc(F)cc(NCCc2ncon2)c1. The van der Waals surface area contributed by atoms with Crippen molar-refractivity contribution in [3.63, 3.8) is 0 Å². The van der Waals surface area contributed by atoms with Gasteiger partial charge < -0.3 is 9.84 Å². The monoisotopic (exact) mass is 232 g/mol. The van der Waals surface area contributed by atoms with Gasteiger partial charge in [0, 0.05) is 18.7 Å². The van der Waals surface area contributed by atoms with Gasteiger partial charge in [0.2, 0.25) is 6.39 Å². The molecule has 2 aromatic rings. The molecular formula is C11H9FN4O. The van der Waals surface area contributed by atoms with Crippen LogP contribution in [0.5, 0.6) is 0 Å². The second kappa shape index (κ2) is 5.07. The van der Waals surface area contributed by atoms with E-state index in [-0.39, 0.29) is 5.56 Å². The van der Waals surface area contributed by atoms with Crippen molar-refractivity contribution in [2.45, 2.75) is 6.42 Å². The van der Waals surface area contributed by atoms with E-state index in [0.29, 0.717) is 24.5 Å². The molecule has 0 unspecified atom stereocenters. The summed E-state index contributed by atoms with van der Waals surface area (Å²) in [5, 5.41) is 15.3. The minimum atomic E-state index is -0.439. The molecule has 86 valence electrons. The zero-order chi connectivity index (χ0) is 12.1. The molecule has 1 aromatic carbocycles. The van der Waals surface area contributed by atoms with Crippen molar-refractivity contribution >= 4 is 5.69 Å². The van der Waals surface area contributed by atoms with Crippen molar-refractivity contribution in [2.75, 3.05) is 11.9 Å². The number of nitriles is 1. The Morgan fingerprint density at radius 1 is 1.41 bits per heavy atom. The highest BCUT2D eigenvalue weighted by Crippen LogP contribution is 2.13. The van der Waals surface area contributed by atoms with Crippen LogP contribution in [0.2, 0.25) is 0 Å². The van der Waals surface area contributed by atoms with Gasteiger partial charge in [0.1, 0.15) is 5.82 Å². The molecule has 0 spiro atoms. The first-order chi connectivity index (χ1) is 8.28. The van der Waals surface area contributed by atoms with Gasteiger partial charge in [-0.15, -0.1) is 0 Å². The Kier molecular flexibility index (Phi) is 3.31. The number of anilines is 1. The highest BCUT2D eigenvalue weighted by molar-refractivity contribution is 5.49. The molecule has 1 N–H and O–H groups in total. The van der Waals surface area contributed by atoms with Gasteiger partial charge in [0.25, 0.3) is 0 Å². The van der Waals surface area contributed by atoms with Gasteiger partial charge in [0.05, 0.1) is 11.6 Å². The number of hydrogen-bond donors (Lipinski definition) is 1. The quantitative estimate of drug-likeness (QED) is 0.868. The van der Waals surface area contributed by atoms with Crippen LogP contribution >= 0.6 is 0 Å². The average Bonchev–Trinajstić information content (AvgIpc) is 2.81. The molecule has 2 rings (SSSR count). The fourth-order valence-electron chi connectivity index (χ4n) is 1.38. The Morgan fingerprint density at radius 3 is 3.00 bits per heavy atom. The third kappa shape index (κ3) is 3.01. The lowest BCUT2D eigenvalue weighted by molar-refractivity contribution is 0.410. The van der Waals surface area contributed by atoms with Gasteiger partial charge in [0.15, 0.2) is 5.82 Å². The molecule has 0 saturated carbocycles. The number of rotatable bonds is 4. The summed E-state index contributed by atoms with van der Waals surface area (Å²) in [4.78, 5) is 3.85. The van der Waals surface area contributed by atoms with Crippen molar-refractivity contribution in [1.82, 2.24) is 10.1 Å². The van der Waals surface area contributed by atoms with Crippen LogP contribution in [0.3, 0.4) is 0 Å². The number of hydrogen-bond acceptors (Lipinski definition) is 5. The van der Waals surface area contributed by atoms with E-state index in [1.807, 2.05) is 6.07 Å². The summed E-state index contributed by atoms with van der Waals surface area (Å²) in [6.45, 7) is 0.536. The van der Waals surface area contributed by atoms with Crippen molar-refractivity contribution in [3.8, 4) is 6.07 Å². The predicted octanol–water partition coefficient (Wildman–Crippen LogP) is 1.73. The molecule has 0 radical (unpaired) electrons. The maximum Gasteiger partial charge on any atom is 0.213 e. The summed E-state index contributed by atoms with van der Waals surface area (Å²) in [6.07, 6.45) is 1.82. The van der Waals surface area contributed by atoms with Crippen LogP contribution in [0, 0.1) is 17.1 Å². The first-order valence-corrected chi connectivity index (χ1v) is 4.98. The molecule has 0 amide bonds. The summed E-state index contributed by atoms with van der Waals surface area (Å²) in [7, 11) is 0. The summed E-state index contributed by atoms with van der Waals surface area (Å²) in [5.74, 6) is 0.139. The summed E-state index contributed by atoms with van der Waals surface area (Å²) in [6, 6.07) is 5.99. The lowest BCUT2D eigenvalue weighted by Gasteiger charge is -2.05. The molecule has 17 heavy (non-hydrogen) atoms. The summed E-state index contributed by atoms with van der Waals surface area (Å²) in [5.41, 5.74) is 0.845. The third-order valence-corrected chi connectivity index (χ3v) is 2.11. The second-order valence-electron chi connectivity index (χ2n) is 3.36. The molecule has 0 atom stereocenters. The van der Waals surface area contributed by atoms with Crippen molar-refractivity contribution in [2.24, 2.45) is 0 Å². The summed E-state index contributed by atoms with van der Waals surface area (Å²) < 4.78 is 17.7. The van der Waals surface area contributed by atoms with E-state index in [9.17, 15) is 4.39 Å². The molecule has 1 aromatic heterocycles. The largest absolute Gasteiger partial charge is 0.384 e. The Balaban J connectivity index is 1.95. The predicted molar refractivity (Wildman–Crippen MR) is 57.6 cm³/mol. The fourth-order valence-corrected chi connectivity index (χ4v) is 1.38. The number of nitrogens with zero attached hydrogens (tertiary/aromatic N) is 3. The van der Waals surface area contributed by atoms with E-state index >= 15 is 0 Å². The zero-order valence-electron chi connectivity index (χ0n) is 8.85. The lowest BCUT2D eigenvalue weighted by Crippen LogP contribution is -2.06. The van der Waals surface area contributed by atoms with Gasteiger partial charge in [-0.3, -0.25) is 0 Å². The Hall–Kier alpha value is -2.42. The molecule has 6 heteroatoms. The van der Waals surface area contributed by atoms with E-state index in [2.05, 4.69) is 20.0 Å². The maximum atomic E-state index is 13.1. The lowest BCUT2D eigenvalue weighted by atomic mass is 10.2. The smallest absolute Gasteiger partial charge is 0.213 e. The van der Waals surface area contributed by atoms with E-state index < -0.39 is 5.82 Å². The van der Waals surface area contributed by atoms with Gasteiger partial charge >= 0.3 is 0 Å². The molecular weight excluding hydrogens is 223 g/mol. The van der Waals surface area contributed by atoms with E-state index in [4.69, 9.17) is 5.26 Å². The molecule has 1 heterocycles. The molecule has 0 aliphatic heterocycles. The molecule has 0 bridgehead atoms. The molecule has 0 saturated heterocycles. The number of halogens is 1. The molecule has 5 nitrogen and oxygen atoms in total. The first-order valence-electron chi connectivity index (χ1n) is 4.98. The molecule has 0 aliphatic rings. The van der Waals surface area contributed by atoms with Crippen LogP contribution < -0.4 is 5.32 Å². The normalized spacial score (nSPS) is 9.88. The van der Waals surface area contributed by atoms with Crippen LogP contribution in [0.25, 0.3) is 0 Å². The van der Waals surface area contributed by atoms with Crippen LogP contribution in [-0.4, -0.2) is 16.7 Å². The van der Waals surface area contributed by atoms with Crippen LogP contribution in [0.4, 0.5) is 10.1 Å². The number of aromatic nitrogens is 2. The average molecular weight is 232 g/mol. The summed E-state index contributed by atoms with van der Waals surface area (Å²) >= 11 is 0. The first kappa shape index (κ1) is 11.1. The number of benzene rings is 1. The van der Waals surface area contributed by atoms with E-state index in [0.717, 1.165) is 0 Å². The van der Waals surface area contributed by atoms with Gasteiger partial charge in [-0.25, -0.2) is 4.39 Å². The highest BCUT2D eigenvalue weighted by Gasteiger charge is 2.01. The minimum absolute atomic E-state index is 0.284. The van der Waals surface area contributed by atoms with Gasteiger partial charge in [-0.2, -0.15) is 10.2 Å². The number of nitrogens with one attached hydrogen (secondary N) is 1. The van der Waals surface area contributed by atoms with Crippen molar-refractivity contribution < 1.29 is 8.91 Å². The van der Waals surface area contributed by atoms with Crippen LogP contribution in [0.1, 0.15) is 11.4 Å². The van der Waals surface area contributed by atoms with Crippen molar-refractivity contribution in [3.05, 3.63) is 41.8 Å². The molecule has 0 fully saturated rings. The molecule has 0 aliphatic carbocycles. The minimum Gasteiger partial charge on any atom is -0.384 e. The zero-order valence-corrected chi connectivity index (χ0v) is 8.85. The van der Waals surface area contributed by atoms with Gasteiger partial charge in [-0.1, -0.05) is 5.16 Å². The second-order valence-corrected chi connectivity index (χ2v) is 3.36. The van der Waals surface area contributed by atoms with E-state index in [1.165, 1.54) is 18.5 Å². The standard InChI is InChI=1S/C11H9FN4O/c12-9-3-8(6-13)4-10(5-9)14-2-1-11-15-7-17-16-11/h3-5,7,14H,1-2H2. The van der Waals surface area contributed by atoms with Gasteiger partial charge in [-0.05, 0) is 18.2 Å². The van der Waals surface area contributed by atoms with Crippen molar-refractivity contribution in [1.29, 1.82) is 5.26 Å². The Morgan fingerprint density at radius 2 is 2.29 bits per heavy atom. The topological polar surface area (TPSA) is 74.7 Å². The Labute approximate surface area is 96.9 Å². The van der Waals surface area contributed by atoms with E-state index in [1.54, 1.807) is 6.07 Å². The van der Waals surface area contributed by atoms with Crippen LogP contribution in [-0.2, 0) is 6.42 Å². The fraction of sp³-hybridized carbons (Fsp3) is 0.182. The Bertz CT molecular complexity index is 533. The van der Waals surface area contributed by atoms with Crippen LogP contribution in [0.15, 0.2) is 29.1 Å². The third-order valence-electron chi connectivity index (χ3n) is 2.11. The highest BCUT2D eigenvalue weighted by atomic mass is 19.1. The maximum absolute atomic E-state index is 13.1.